The third-order valence-corrected chi connectivity index (χ3v) is 15.5. The summed E-state index contributed by atoms with van der Waals surface area (Å²) < 4.78 is 44.0. The van der Waals surface area contributed by atoms with E-state index in [1.165, 1.54) is 56.9 Å². The SMILES string of the molecule is C.CC1(C)CCC(CN)=C(C23CC(Cl)(C2)C3)C1.CCN(CC)c1ccc(C(=O)CS(=O)(=O)c2ccc(OCCN3CC4(COC4)C3)c([N+](=O)[O-])c2)c(Oc2cnc3[nH]ccc3c2)c1. The monoisotopic (exact) mass is 904 g/mol. The minimum absolute atomic E-state index is 0. The van der Waals surface area contributed by atoms with Crippen LogP contribution in [0.5, 0.6) is 17.2 Å². The standard InChI is InChI=1S/C32H35N5O8S.C14H22ClN.CH4/c1-3-36(4-2)23-5-7-26(30(14-23)45-24-13-22-9-10-33-31(22)34-16-24)28(38)17-46(41,42)25-6-8-29(27(15-25)37(39)40)44-12-11-35-18-32(19-35)20-43-21-32;1-12(2)4-3-10(6-16)11(5-12)13-7-14(15,8-13)9-13;/h5-10,13-16H,3-4,11-12,17-21H2,1-2H3,(H,33,34);3-9,16H2,1-2H3;1H4. The number of halogens is 1. The number of nitrogens with two attached hydrogens (primary N) is 1. The summed E-state index contributed by atoms with van der Waals surface area (Å²) in [5, 5.41) is 12.7. The van der Waals surface area contributed by atoms with Crippen molar-refractivity contribution in [2.24, 2.45) is 22.0 Å². The summed E-state index contributed by atoms with van der Waals surface area (Å²) in [4.78, 5) is 36.2. The first-order valence-corrected chi connectivity index (χ1v) is 23.6. The van der Waals surface area contributed by atoms with Crippen LogP contribution in [0.3, 0.4) is 0 Å². The maximum absolute atomic E-state index is 13.6. The number of hydrogen-bond donors (Lipinski definition) is 2. The molecule has 0 unspecified atom stereocenters. The van der Waals surface area contributed by atoms with Gasteiger partial charge in [0, 0.05) is 79.0 Å². The second-order valence-electron chi connectivity index (χ2n) is 18.8. The Morgan fingerprint density at radius 3 is 2.43 bits per heavy atom. The zero-order valence-corrected chi connectivity index (χ0v) is 37.6. The fourth-order valence-corrected chi connectivity index (χ4v) is 12.0. The zero-order valence-electron chi connectivity index (χ0n) is 36.0. The van der Waals surface area contributed by atoms with Crippen molar-refractivity contribution in [3.63, 3.8) is 0 Å². The number of hydrogen-bond acceptors (Lipinski definition) is 12. The molecule has 2 aliphatic heterocycles. The van der Waals surface area contributed by atoms with Crippen molar-refractivity contribution >= 4 is 49.6 Å². The first-order valence-electron chi connectivity index (χ1n) is 21.6. The molecule has 3 N–H and O–H groups in total. The van der Waals surface area contributed by atoms with Gasteiger partial charge in [0.05, 0.1) is 34.8 Å². The number of likely N-dealkylation sites (tertiary alicyclic amines) is 1. The Kier molecular flexibility index (Phi) is 13.1. The van der Waals surface area contributed by atoms with Gasteiger partial charge in [0.1, 0.15) is 29.5 Å². The molecule has 6 aliphatic rings. The van der Waals surface area contributed by atoms with Crippen molar-refractivity contribution in [1.29, 1.82) is 0 Å². The molecule has 5 fully saturated rings. The number of aromatic amines is 1. The van der Waals surface area contributed by atoms with Crippen LogP contribution in [0.4, 0.5) is 11.4 Å². The van der Waals surface area contributed by atoms with Gasteiger partial charge in [-0.25, -0.2) is 13.4 Å². The van der Waals surface area contributed by atoms with Crippen molar-refractivity contribution < 1.29 is 32.3 Å². The zero-order chi connectivity index (χ0) is 44.1. The number of nitrogens with zero attached hydrogens (tertiary/aromatic N) is 4. The van der Waals surface area contributed by atoms with Crippen molar-refractivity contribution in [3.05, 3.63) is 87.7 Å². The number of nitro groups is 1. The first-order chi connectivity index (χ1) is 29.5. The minimum atomic E-state index is -4.28. The predicted molar refractivity (Wildman–Crippen MR) is 246 cm³/mol. The molecule has 14 nitrogen and oxygen atoms in total. The molecule has 2 aromatic heterocycles. The summed E-state index contributed by atoms with van der Waals surface area (Å²) in [5.41, 5.74) is 11.4. The van der Waals surface area contributed by atoms with Crippen LogP contribution >= 0.6 is 11.6 Å². The van der Waals surface area contributed by atoms with E-state index in [9.17, 15) is 23.3 Å². The highest BCUT2D eigenvalue weighted by molar-refractivity contribution is 7.92. The Labute approximate surface area is 375 Å². The number of allylic oxidation sites excluding steroid dienone is 1. The lowest BCUT2D eigenvalue weighted by Gasteiger charge is -2.70. The van der Waals surface area contributed by atoms with Crippen molar-refractivity contribution in [2.45, 2.75) is 83.4 Å². The van der Waals surface area contributed by atoms with Crippen LogP contribution in [0, 0.1) is 26.4 Å². The van der Waals surface area contributed by atoms with E-state index in [1.807, 2.05) is 19.9 Å². The third-order valence-electron chi connectivity index (χ3n) is 13.4. The highest BCUT2D eigenvalue weighted by Crippen LogP contribution is 2.75. The van der Waals surface area contributed by atoms with Crippen LogP contribution in [0.25, 0.3) is 11.0 Å². The van der Waals surface area contributed by atoms with Crippen molar-refractivity contribution in [1.82, 2.24) is 14.9 Å². The molecule has 2 saturated heterocycles. The number of carbonyl (C=O) groups is 1. The van der Waals surface area contributed by atoms with E-state index in [0.717, 1.165) is 50.0 Å². The number of ether oxygens (including phenoxy) is 3. The molecule has 0 atom stereocenters. The first kappa shape index (κ1) is 46.5. The largest absolute Gasteiger partial charge is 0.485 e. The number of sulfone groups is 1. The summed E-state index contributed by atoms with van der Waals surface area (Å²) in [6.45, 7) is 15.1. The van der Waals surface area contributed by atoms with Crippen LogP contribution in [0.1, 0.15) is 84.0 Å². The molecule has 0 amide bonds. The molecular formula is C47H61ClN6O8S. The van der Waals surface area contributed by atoms with E-state index in [4.69, 9.17) is 31.5 Å². The van der Waals surface area contributed by atoms with Gasteiger partial charge in [0.15, 0.2) is 21.4 Å². The van der Waals surface area contributed by atoms with Gasteiger partial charge in [-0.3, -0.25) is 19.8 Å². The minimum Gasteiger partial charge on any atom is -0.485 e. The van der Waals surface area contributed by atoms with Crippen molar-refractivity contribution in [3.8, 4) is 17.2 Å². The third kappa shape index (κ3) is 9.49. The molecule has 63 heavy (non-hydrogen) atoms. The Morgan fingerprint density at radius 2 is 1.79 bits per heavy atom. The number of nitro benzene ring substituents is 1. The second kappa shape index (κ2) is 17.8. The van der Waals surface area contributed by atoms with Crippen LogP contribution < -0.4 is 20.1 Å². The molecule has 0 radical (unpaired) electrons. The lowest BCUT2D eigenvalue weighted by atomic mass is 9.39. The Balaban J connectivity index is 0.000000292. The van der Waals surface area contributed by atoms with E-state index >= 15 is 0 Å². The number of fused-ring (bicyclic) bond motifs is 1. The van der Waals surface area contributed by atoms with Gasteiger partial charge >= 0.3 is 5.69 Å². The molecule has 340 valence electrons. The van der Waals surface area contributed by atoms with Crippen LogP contribution in [-0.2, 0) is 14.6 Å². The number of H-pyrrole nitrogens is 1. The normalized spacial score (nSPS) is 22.9. The number of alkyl halides is 1. The Morgan fingerprint density at radius 1 is 1.06 bits per heavy atom. The molecule has 2 aromatic carbocycles. The predicted octanol–water partition coefficient (Wildman–Crippen LogP) is 8.73. The fourth-order valence-electron chi connectivity index (χ4n) is 10.0. The smallest absolute Gasteiger partial charge is 0.312 e. The molecule has 3 saturated carbocycles. The van der Waals surface area contributed by atoms with E-state index < -0.39 is 32.0 Å². The van der Waals surface area contributed by atoms with Crippen LogP contribution in [0.15, 0.2) is 77.0 Å². The average Bonchev–Trinajstić information content (AvgIpc) is 3.65. The highest BCUT2D eigenvalue weighted by atomic mass is 35.5. The van der Waals surface area contributed by atoms with Crippen LogP contribution in [0.2, 0.25) is 0 Å². The Hall–Kier alpha value is -4.54. The van der Waals surface area contributed by atoms with E-state index in [-0.39, 0.29) is 46.3 Å². The molecule has 4 aliphatic carbocycles. The van der Waals surface area contributed by atoms with Gasteiger partial charge in [-0.2, -0.15) is 0 Å². The summed E-state index contributed by atoms with van der Waals surface area (Å²) in [7, 11) is -4.28. The van der Waals surface area contributed by atoms with E-state index in [2.05, 4.69) is 33.6 Å². The van der Waals surface area contributed by atoms with E-state index in [1.54, 1.807) is 41.6 Å². The van der Waals surface area contributed by atoms with Gasteiger partial charge in [-0.1, -0.05) is 32.4 Å². The average molecular weight is 906 g/mol. The Bertz CT molecular complexity index is 2490. The maximum atomic E-state index is 13.6. The van der Waals surface area contributed by atoms with Crippen molar-refractivity contribution in [2.75, 3.05) is 69.7 Å². The number of rotatable bonds is 16. The molecular weight excluding hydrogens is 844 g/mol. The van der Waals surface area contributed by atoms with Gasteiger partial charge in [0.25, 0.3) is 0 Å². The van der Waals surface area contributed by atoms with Crippen LogP contribution in [-0.4, -0.2) is 104 Å². The maximum Gasteiger partial charge on any atom is 0.312 e. The molecule has 10 rings (SSSR count). The molecule has 4 aromatic rings. The quantitative estimate of drug-likeness (QED) is 0.0359. The summed E-state index contributed by atoms with van der Waals surface area (Å²) in [5.74, 6) is -1.12. The summed E-state index contributed by atoms with van der Waals surface area (Å²) >= 11 is 6.39. The van der Waals surface area contributed by atoms with Gasteiger partial charge in [-0.05, 0) is 99.6 Å². The molecule has 2 bridgehead atoms. The number of nitrogens with one attached hydrogen (secondary N) is 1. The fraction of sp³-hybridized carbons (Fsp3) is 0.532. The van der Waals surface area contributed by atoms with Gasteiger partial charge in [0.2, 0.25) is 0 Å². The number of carbonyl (C=O) groups excluding carboxylic acids is 1. The lowest BCUT2D eigenvalue weighted by molar-refractivity contribution is -0.386. The highest BCUT2D eigenvalue weighted by Gasteiger charge is 2.69. The number of benzene rings is 2. The molecule has 16 heteroatoms. The molecule has 4 heterocycles. The number of ketones is 1. The number of aromatic nitrogens is 2. The van der Waals surface area contributed by atoms with E-state index in [0.29, 0.717) is 41.9 Å². The molecule has 1 spiro atoms. The summed E-state index contributed by atoms with van der Waals surface area (Å²) in [6.07, 6.45) is 10.7. The topological polar surface area (TPSA) is 183 Å². The van der Waals surface area contributed by atoms with Gasteiger partial charge in [-0.15, -0.1) is 11.6 Å². The number of anilines is 1. The van der Waals surface area contributed by atoms with Gasteiger partial charge < -0.3 is 29.8 Å². The summed E-state index contributed by atoms with van der Waals surface area (Å²) in [6, 6.07) is 12.0. The number of pyridine rings is 1. The number of Topliss-reactive ketones (excluding diaryl/α,β-unsaturated/α-hetero) is 1. The lowest BCUT2D eigenvalue weighted by Crippen LogP contribution is -2.66. The second-order valence-corrected chi connectivity index (χ2v) is 21.5.